The number of carbonyl (C=O) groups is 1. The molecule has 0 aliphatic carbocycles. The minimum Gasteiger partial charge on any atom is -0.370 e. The number of carbonyl (C=O) groups excluding carboxylic acids is 1. The zero-order valence-corrected chi connectivity index (χ0v) is 12.4. The Labute approximate surface area is 116 Å². The molecule has 0 fully saturated rings. The third-order valence-electron chi connectivity index (χ3n) is 3.19. The Morgan fingerprint density at radius 1 is 1.47 bits per heavy atom. The van der Waals surface area contributed by atoms with Gasteiger partial charge in [-0.05, 0) is 24.5 Å². The summed E-state index contributed by atoms with van der Waals surface area (Å²) >= 11 is 0. The fourth-order valence-electron chi connectivity index (χ4n) is 1.81. The van der Waals surface area contributed by atoms with Gasteiger partial charge in [0.15, 0.2) is 0 Å². The molecule has 1 atom stereocenters. The molecular weight excluding hydrogens is 238 g/mol. The fraction of sp³-hybridized carbons (Fsp3) is 0.600. The van der Waals surface area contributed by atoms with E-state index in [1.165, 1.54) is 0 Å². The van der Waals surface area contributed by atoms with Crippen LogP contribution in [0.25, 0.3) is 0 Å². The van der Waals surface area contributed by atoms with Crippen LogP contribution >= 0.6 is 0 Å². The van der Waals surface area contributed by atoms with Crippen molar-refractivity contribution in [3.8, 4) is 0 Å². The van der Waals surface area contributed by atoms with Crippen LogP contribution < -0.4 is 5.32 Å². The van der Waals surface area contributed by atoms with Crippen molar-refractivity contribution in [3.63, 3.8) is 0 Å². The summed E-state index contributed by atoms with van der Waals surface area (Å²) in [6, 6.07) is 3.59. The molecule has 1 rings (SSSR count). The number of aromatic nitrogens is 1. The van der Waals surface area contributed by atoms with Gasteiger partial charge in [0.2, 0.25) is 0 Å². The van der Waals surface area contributed by atoms with E-state index in [2.05, 4.69) is 31.1 Å². The molecule has 1 amide bonds. The summed E-state index contributed by atoms with van der Waals surface area (Å²) < 4.78 is 0. The van der Waals surface area contributed by atoms with E-state index in [-0.39, 0.29) is 5.91 Å². The Kier molecular flexibility index (Phi) is 6.33. The second-order valence-corrected chi connectivity index (χ2v) is 5.06. The molecule has 1 unspecified atom stereocenters. The highest BCUT2D eigenvalue weighted by atomic mass is 16.2. The zero-order valence-electron chi connectivity index (χ0n) is 12.4. The molecule has 106 valence electrons. The predicted molar refractivity (Wildman–Crippen MR) is 79.4 cm³/mol. The molecule has 0 spiro atoms. The fourth-order valence-corrected chi connectivity index (χ4v) is 1.81. The number of rotatable bonds is 7. The molecule has 0 saturated heterocycles. The molecule has 1 N–H and O–H groups in total. The lowest BCUT2D eigenvalue weighted by Crippen LogP contribution is -2.31. The van der Waals surface area contributed by atoms with E-state index in [1.807, 2.05) is 13.1 Å². The lowest BCUT2D eigenvalue weighted by atomic mass is 10.1. The standard InChI is InChI=1S/C15H25N3O/c1-5-8-16-14-10-13(7-9-17-14)15(19)18(4)11-12(3)6-2/h7,9-10,12H,5-6,8,11H2,1-4H3,(H,16,17). The number of amides is 1. The summed E-state index contributed by atoms with van der Waals surface area (Å²) in [7, 11) is 1.86. The first-order chi connectivity index (χ1) is 9.08. The maximum absolute atomic E-state index is 12.3. The van der Waals surface area contributed by atoms with Crippen LogP contribution in [0.1, 0.15) is 44.0 Å². The van der Waals surface area contributed by atoms with Crippen LogP contribution in [0, 0.1) is 5.92 Å². The first-order valence-corrected chi connectivity index (χ1v) is 7.03. The van der Waals surface area contributed by atoms with Gasteiger partial charge in [0, 0.05) is 31.9 Å². The second kappa shape index (κ2) is 7.77. The third-order valence-corrected chi connectivity index (χ3v) is 3.19. The van der Waals surface area contributed by atoms with Crippen LogP contribution in [0.15, 0.2) is 18.3 Å². The van der Waals surface area contributed by atoms with Gasteiger partial charge in [0.25, 0.3) is 5.91 Å². The largest absolute Gasteiger partial charge is 0.370 e. The number of hydrogen-bond donors (Lipinski definition) is 1. The summed E-state index contributed by atoms with van der Waals surface area (Å²) in [6.07, 6.45) is 3.80. The summed E-state index contributed by atoms with van der Waals surface area (Å²) in [5.41, 5.74) is 0.694. The molecule has 4 nitrogen and oxygen atoms in total. The highest BCUT2D eigenvalue weighted by molar-refractivity contribution is 5.94. The second-order valence-electron chi connectivity index (χ2n) is 5.06. The topological polar surface area (TPSA) is 45.2 Å². The van der Waals surface area contributed by atoms with Crippen molar-refractivity contribution in [2.75, 3.05) is 25.5 Å². The van der Waals surface area contributed by atoms with Gasteiger partial charge in [0.1, 0.15) is 5.82 Å². The smallest absolute Gasteiger partial charge is 0.253 e. The zero-order chi connectivity index (χ0) is 14.3. The summed E-state index contributed by atoms with van der Waals surface area (Å²) in [5, 5.41) is 3.20. The number of nitrogens with one attached hydrogen (secondary N) is 1. The van der Waals surface area contributed by atoms with Gasteiger partial charge < -0.3 is 10.2 Å². The van der Waals surface area contributed by atoms with Crippen LogP contribution in [0.3, 0.4) is 0 Å². The SMILES string of the molecule is CCCNc1cc(C(=O)N(C)CC(C)CC)ccn1. The first-order valence-electron chi connectivity index (χ1n) is 7.03. The molecule has 1 aromatic rings. The molecule has 0 aliphatic heterocycles. The molecule has 19 heavy (non-hydrogen) atoms. The van der Waals surface area contributed by atoms with Crippen LogP contribution in [0.2, 0.25) is 0 Å². The van der Waals surface area contributed by atoms with Gasteiger partial charge in [0.05, 0.1) is 0 Å². The number of hydrogen-bond acceptors (Lipinski definition) is 3. The molecular formula is C15H25N3O. The molecule has 1 heterocycles. The van der Waals surface area contributed by atoms with E-state index >= 15 is 0 Å². The number of pyridine rings is 1. The Morgan fingerprint density at radius 3 is 2.84 bits per heavy atom. The van der Waals surface area contributed by atoms with Crippen LogP contribution in [0.4, 0.5) is 5.82 Å². The predicted octanol–water partition coefficient (Wildman–Crippen LogP) is 3.02. The maximum Gasteiger partial charge on any atom is 0.253 e. The van der Waals surface area contributed by atoms with Gasteiger partial charge in [-0.2, -0.15) is 0 Å². The molecule has 0 saturated carbocycles. The van der Waals surface area contributed by atoms with E-state index in [0.717, 1.165) is 31.7 Å². The van der Waals surface area contributed by atoms with E-state index < -0.39 is 0 Å². The normalized spacial score (nSPS) is 12.0. The van der Waals surface area contributed by atoms with Gasteiger partial charge in [-0.3, -0.25) is 4.79 Å². The first kappa shape index (κ1) is 15.5. The van der Waals surface area contributed by atoms with E-state index in [1.54, 1.807) is 17.2 Å². The molecule has 0 radical (unpaired) electrons. The maximum atomic E-state index is 12.3. The van der Waals surface area contributed by atoms with Crippen molar-refractivity contribution in [3.05, 3.63) is 23.9 Å². The summed E-state index contributed by atoms with van der Waals surface area (Å²) in [4.78, 5) is 18.3. The Bertz CT molecular complexity index is 406. The van der Waals surface area contributed by atoms with Gasteiger partial charge in [-0.15, -0.1) is 0 Å². The number of nitrogens with zero attached hydrogens (tertiary/aromatic N) is 2. The number of anilines is 1. The molecule has 0 aromatic carbocycles. The van der Waals surface area contributed by atoms with Gasteiger partial charge in [-0.25, -0.2) is 4.98 Å². The lowest BCUT2D eigenvalue weighted by molar-refractivity contribution is 0.0775. The van der Waals surface area contributed by atoms with Crippen LogP contribution in [-0.2, 0) is 0 Å². The van der Waals surface area contributed by atoms with Crippen molar-refractivity contribution < 1.29 is 4.79 Å². The van der Waals surface area contributed by atoms with E-state index in [9.17, 15) is 4.79 Å². The van der Waals surface area contributed by atoms with Crippen molar-refractivity contribution in [2.45, 2.75) is 33.6 Å². The van der Waals surface area contributed by atoms with Crippen molar-refractivity contribution in [1.29, 1.82) is 0 Å². The molecule has 0 bridgehead atoms. The minimum atomic E-state index is 0.0576. The molecule has 4 heteroatoms. The molecule has 0 aliphatic rings. The Hall–Kier alpha value is -1.58. The van der Waals surface area contributed by atoms with E-state index in [0.29, 0.717) is 11.5 Å². The molecule has 1 aromatic heterocycles. The highest BCUT2D eigenvalue weighted by Crippen LogP contribution is 2.11. The van der Waals surface area contributed by atoms with Gasteiger partial charge in [-0.1, -0.05) is 27.2 Å². The monoisotopic (exact) mass is 263 g/mol. The lowest BCUT2D eigenvalue weighted by Gasteiger charge is -2.21. The summed E-state index contributed by atoms with van der Waals surface area (Å²) in [6.45, 7) is 8.05. The van der Waals surface area contributed by atoms with Crippen LogP contribution in [0.5, 0.6) is 0 Å². The quantitative estimate of drug-likeness (QED) is 0.822. The van der Waals surface area contributed by atoms with Gasteiger partial charge >= 0.3 is 0 Å². The van der Waals surface area contributed by atoms with Crippen molar-refractivity contribution >= 4 is 11.7 Å². The average Bonchev–Trinajstić information content (AvgIpc) is 2.44. The van der Waals surface area contributed by atoms with Crippen molar-refractivity contribution in [2.24, 2.45) is 5.92 Å². The Balaban J connectivity index is 2.70. The minimum absolute atomic E-state index is 0.0576. The highest BCUT2D eigenvalue weighted by Gasteiger charge is 2.14. The average molecular weight is 263 g/mol. The van der Waals surface area contributed by atoms with E-state index in [4.69, 9.17) is 0 Å². The van der Waals surface area contributed by atoms with Crippen LogP contribution in [-0.4, -0.2) is 35.9 Å². The third kappa shape index (κ3) is 4.89. The van der Waals surface area contributed by atoms with Crippen molar-refractivity contribution in [1.82, 2.24) is 9.88 Å². The Morgan fingerprint density at radius 2 is 2.21 bits per heavy atom. The summed E-state index contributed by atoms with van der Waals surface area (Å²) in [5.74, 6) is 1.35.